The molecule has 28 heavy (non-hydrogen) atoms. The van der Waals surface area contributed by atoms with Crippen molar-refractivity contribution in [2.75, 3.05) is 32.0 Å². The summed E-state index contributed by atoms with van der Waals surface area (Å²) >= 11 is 0. The molecular weight excluding hydrogens is 358 g/mol. The summed E-state index contributed by atoms with van der Waals surface area (Å²) in [5.74, 6) is 1.58. The number of benzene rings is 2. The Kier molecular flexibility index (Phi) is 5.96. The SMILES string of the molecule is COc1ccc(Nc2ccc(C(=O)Nc3cc(OC)ccc3OC)nc2)cc1. The molecule has 0 aliphatic rings. The van der Waals surface area contributed by atoms with Gasteiger partial charge in [-0.3, -0.25) is 4.79 Å². The Labute approximate surface area is 163 Å². The first-order valence-corrected chi connectivity index (χ1v) is 8.53. The van der Waals surface area contributed by atoms with Gasteiger partial charge in [-0.25, -0.2) is 4.98 Å². The van der Waals surface area contributed by atoms with Crippen LogP contribution in [0, 0.1) is 0 Å². The first-order chi connectivity index (χ1) is 13.6. The summed E-state index contributed by atoms with van der Waals surface area (Å²) in [4.78, 5) is 16.7. The van der Waals surface area contributed by atoms with Gasteiger partial charge in [0.2, 0.25) is 0 Å². The van der Waals surface area contributed by atoms with Gasteiger partial charge in [-0.1, -0.05) is 0 Å². The van der Waals surface area contributed by atoms with Crippen LogP contribution in [0.4, 0.5) is 17.1 Å². The van der Waals surface area contributed by atoms with E-state index in [9.17, 15) is 4.79 Å². The smallest absolute Gasteiger partial charge is 0.274 e. The summed E-state index contributed by atoms with van der Waals surface area (Å²) in [6, 6.07) is 16.1. The Balaban J connectivity index is 1.69. The zero-order chi connectivity index (χ0) is 19.9. The highest BCUT2D eigenvalue weighted by Crippen LogP contribution is 2.29. The van der Waals surface area contributed by atoms with Gasteiger partial charge in [-0.2, -0.15) is 0 Å². The first-order valence-electron chi connectivity index (χ1n) is 8.53. The average molecular weight is 379 g/mol. The number of hydrogen-bond acceptors (Lipinski definition) is 6. The van der Waals surface area contributed by atoms with Crippen LogP contribution in [0.5, 0.6) is 17.2 Å². The molecule has 2 N–H and O–H groups in total. The topological polar surface area (TPSA) is 81.7 Å². The molecule has 0 fully saturated rings. The third-order valence-corrected chi connectivity index (χ3v) is 4.03. The lowest BCUT2D eigenvalue weighted by Crippen LogP contribution is -2.14. The zero-order valence-corrected chi connectivity index (χ0v) is 15.9. The lowest BCUT2D eigenvalue weighted by Gasteiger charge is -2.12. The fourth-order valence-electron chi connectivity index (χ4n) is 2.54. The molecule has 0 unspecified atom stereocenters. The molecule has 1 heterocycles. The Morgan fingerprint density at radius 1 is 0.821 bits per heavy atom. The van der Waals surface area contributed by atoms with Crippen LogP contribution in [0.1, 0.15) is 10.5 Å². The molecule has 2 aromatic carbocycles. The highest BCUT2D eigenvalue weighted by atomic mass is 16.5. The van der Waals surface area contributed by atoms with Crippen LogP contribution >= 0.6 is 0 Å². The molecule has 3 rings (SSSR count). The summed E-state index contributed by atoms with van der Waals surface area (Å²) in [5, 5.41) is 6.01. The average Bonchev–Trinajstić information content (AvgIpc) is 2.74. The summed E-state index contributed by atoms with van der Waals surface area (Å²) in [6.45, 7) is 0. The van der Waals surface area contributed by atoms with Crippen molar-refractivity contribution in [3.8, 4) is 17.2 Å². The molecule has 1 aromatic heterocycles. The lowest BCUT2D eigenvalue weighted by atomic mass is 10.2. The predicted octanol–water partition coefficient (Wildman–Crippen LogP) is 4.10. The maximum absolute atomic E-state index is 12.5. The van der Waals surface area contributed by atoms with E-state index in [4.69, 9.17) is 14.2 Å². The second kappa shape index (κ2) is 8.77. The van der Waals surface area contributed by atoms with Crippen molar-refractivity contribution in [3.05, 3.63) is 66.5 Å². The number of carbonyl (C=O) groups is 1. The minimum atomic E-state index is -0.345. The summed E-state index contributed by atoms with van der Waals surface area (Å²) in [6.07, 6.45) is 1.60. The molecule has 144 valence electrons. The Bertz CT molecular complexity index is 941. The Hall–Kier alpha value is -3.74. The number of carbonyl (C=O) groups excluding carboxylic acids is 1. The molecule has 1 amide bonds. The monoisotopic (exact) mass is 379 g/mol. The molecule has 0 saturated carbocycles. The van der Waals surface area contributed by atoms with E-state index in [-0.39, 0.29) is 11.6 Å². The number of nitrogens with zero attached hydrogens (tertiary/aromatic N) is 1. The molecule has 0 atom stereocenters. The first kappa shape index (κ1) is 19.0. The number of hydrogen-bond donors (Lipinski definition) is 2. The third kappa shape index (κ3) is 4.50. The maximum Gasteiger partial charge on any atom is 0.274 e. The summed E-state index contributed by atoms with van der Waals surface area (Å²) in [5.41, 5.74) is 2.45. The summed E-state index contributed by atoms with van der Waals surface area (Å²) in [7, 11) is 4.72. The predicted molar refractivity (Wildman–Crippen MR) is 108 cm³/mol. The second-order valence-corrected chi connectivity index (χ2v) is 5.81. The van der Waals surface area contributed by atoms with E-state index in [1.165, 1.54) is 7.11 Å². The highest BCUT2D eigenvalue weighted by Gasteiger charge is 2.12. The van der Waals surface area contributed by atoms with Crippen LogP contribution in [0.15, 0.2) is 60.8 Å². The van der Waals surface area contributed by atoms with Gasteiger partial charge in [0, 0.05) is 11.8 Å². The van der Waals surface area contributed by atoms with Crippen LogP contribution in [-0.2, 0) is 0 Å². The molecule has 7 heteroatoms. The molecule has 0 aliphatic heterocycles. The highest BCUT2D eigenvalue weighted by molar-refractivity contribution is 6.03. The number of methoxy groups -OCH3 is 3. The minimum Gasteiger partial charge on any atom is -0.497 e. The number of rotatable bonds is 7. The van der Waals surface area contributed by atoms with Crippen molar-refractivity contribution < 1.29 is 19.0 Å². The molecular formula is C21H21N3O4. The van der Waals surface area contributed by atoms with Gasteiger partial charge >= 0.3 is 0 Å². The van der Waals surface area contributed by atoms with Crippen LogP contribution < -0.4 is 24.8 Å². The standard InChI is InChI=1S/C21H21N3O4/c1-26-16-7-4-14(5-8-16)23-15-6-10-18(22-13-15)21(25)24-19-12-17(27-2)9-11-20(19)28-3/h4-13,23H,1-3H3,(H,24,25). The Morgan fingerprint density at radius 2 is 1.50 bits per heavy atom. The number of nitrogens with one attached hydrogen (secondary N) is 2. The van der Waals surface area contributed by atoms with Crippen LogP contribution in [0.2, 0.25) is 0 Å². The minimum absolute atomic E-state index is 0.283. The van der Waals surface area contributed by atoms with Crippen molar-refractivity contribution in [3.63, 3.8) is 0 Å². The van der Waals surface area contributed by atoms with Gasteiger partial charge in [0.1, 0.15) is 22.9 Å². The van der Waals surface area contributed by atoms with Crippen molar-refractivity contribution in [2.24, 2.45) is 0 Å². The van der Waals surface area contributed by atoms with Crippen molar-refractivity contribution in [1.82, 2.24) is 4.98 Å². The molecule has 0 radical (unpaired) electrons. The number of pyridine rings is 1. The van der Waals surface area contributed by atoms with E-state index >= 15 is 0 Å². The number of ether oxygens (including phenoxy) is 3. The normalized spacial score (nSPS) is 10.1. The fraction of sp³-hybridized carbons (Fsp3) is 0.143. The van der Waals surface area contributed by atoms with E-state index in [0.717, 1.165) is 17.1 Å². The number of amides is 1. The van der Waals surface area contributed by atoms with Crippen LogP contribution in [-0.4, -0.2) is 32.2 Å². The van der Waals surface area contributed by atoms with Gasteiger partial charge in [-0.05, 0) is 48.5 Å². The van der Waals surface area contributed by atoms with E-state index < -0.39 is 0 Å². The summed E-state index contributed by atoms with van der Waals surface area (Å²) < 4.78 is 15.6. The Morgan fingerprint density at radius 3 is 2.11 bits per heavy atom. The second-order valence-electron chi connectivity index (χ2n) is 5.81. The van der Waals surface area contributed by atoms with Crippen molar-refractivity contribution >= 4 is 23.0 Å². The van der Waals surface area contributed by atoms with E-state index in [2.05, 4.69) is 15.6 Å². The van der Waals surface area contributed by atoms with Crippen molar-refractivity contribution in [1.29, 1.82) is 0 Å². The number of aromatic nitrogens is 1. The van der Waals surface area contributed by atoms with E-state index in [1.54, 1.807) is 50.7 Å². The van der Waals surface area contributed by atoms with Crippen LogP contribution in [0.25, 0.3) is 0 Å². The van der Waals surface area contributed by atoms with Gasteiger partial charge in [0.05, 0.1) is 38.9 Å². The molecule has 0 spiro atoms. The molecule has 0 bridgehead atoms. The molecule has 7 nitrogen and oxygen atoms in total. The molecule has 3 aromatic rings. The van der Waals surface area contributed by atoms with E-state index in [0.29, 0.717) is 17.2 Å². The van der Waals surface area contributed by atoms with Gasteiger partial charge in [0.25, 0.3) is 5.91 Å². The van der Waals surface area contributed by atoms with Crippen LogP contribution in [0.3, 0.4) is 0 Å². The lowest BCUT2D eigenvalue weighted by molar-refractivity contribution is 0.102. The van der Waals surface area contributed by atoms with Gasteiger partial charge in [0.15, 0.2) is 0 Å². The van der Waals surface area contributed by atoms with Gasteiger partial charge in [-0.15, -0.1) is 0 Å². The zero-order valence-electron chi connectivity index (χ0n) is 15.9. The fourth-order valence-corrected chi connectivity index (χ4v) is 2.54. The van der Waals surface area contributed by atoms with E-state index in [1.807, 2.05) is 24.3 Å². The third-order valence-electron chi connectivity index (χ3n) is 4.03. The molecule has 0 aliphatic carbocycles. The largest absolute Gasteiger partial charge is 0.497 e. The molecule has 0 saturated heterocycles. The maximum atomic E-state index is 12.5. The quantitative estimate of drug-likeness (QED) is 0.643. The van der Waals surface area contributed by atoms with Crippen molar-refractivity contribution in [2.45, 2.75) is 0 Å². The number of anilines is 3. The van der Waals surface area contributed by atoms with Gasteiger partial charge < -0.3 is 24.8 Å².